The Hall–Kier alpha value is -2.48. The number of hydrazine groups is 1. The Balaban J connectivity index is 1.68. The van der Waals surface area contributed by atoms with Crippen LogP contribution in [0.1, 0.15) is 42.9 Å². The Morgan fingerprint density at radius 3 is 2.62 bits per heavy atom. The van der Waals surface area contributed by atoms with E-state index < -0.39 is 0 Å². The highest BCUT2D eigenvalue weighted by atomic mass is 15.7. The summed E-state index contributed by atoms with van der Waals surface area (Å²) in [5, 5.41) is 4.91. The van der Waals surface area contributed by atoms with Crippen molar-refractivity contribution in [1.82, 2.24) is 5.01 Å². The van der Waals surface area contributed by atoms with Crippen molar-refractivity contribution >= 4 is 11.8 Å². The summed E-state index contributed by atoms with van der Waals surface area (Å²) in [5.41, 5.74) is 5.60. The van der Waals surface area contributed by atoms with Gasteiger partial charge in [0.05, 0.1) is 11.7 Å². The lowest BCUT2D eigenvalue weighted by Gasteiger charge is -2.36. The molecule has 2 atom stereocenters. The van der Waals surface area contributed by atoms with Gasteiger partial charge in [-0.15, -0.1) is 0 Å². The number of allylic oxidation sites excluding steroid dienone is 1. The van der Waals surface area contributed by atoms with Gasteiger partial charge in [0.1, 0.15) is 0 Å². The molecular weight excluding hydrogens is 292 g/mol. The Kier molecular flexibility index (Phi) is 3.22. The van der Waals surface area contributed by atoms with Crippen molar-refractivity contribution in [2.24, 2.45) is 5.92 Å². The fourth-order valence-corrected chi connectivity index (χ4v) is 4.52. The van der Waals surface area contributed by atoms with Crippen LogP contribution in [-0.2, 0) is 0 Å². The van der Waals surface area contributed by atoms with Gasteiger partial charge in [0, 0.05) is 17.8 Å². The molecule has 0 radical (unpaired) electrons. The first-order valence-corrected chi connectivity index (χ1v) is 9.04. The molecule has 2 aliphatic heterocycles. The van der Waals surface area contributed by atoms with Gasteiger partial charge in [-0.25, -0.2) is 0 Å². The number of hydrogen-bond acceptors (Lipinski definition) is 2. The monoisotopic (exact) mass is 314 g/mol. The highest BCUT2D eigenvalue weighted by Crippen LogP contribution is 2.51. The van der Waals surface area contributed by atoms with Gasteiger partial charge in [0.15, 0.2) is 0 Å². The van der Waals surface area contributed by atoms with E-state index in [9.17, 15) is 0 Å². The molecule has 0 N–H and O–H groups in total. The molecule has 0 aromatic heterocycles. The van der Waals surface area contributed by atoms with Crippen molar-refractivity contribution < 1.29 is 0 Å². The molecule has 0 amide bonds. The molecular formula is C22H22N2. The predicted molar refractivity (Wildman–Crippen MR) is 99.0 cm³/mol. The van der Waals surface area contributed by atoms with E-state index in [1.807, 2.05) is 0 Å². The molecule has 24 heavy (non-hydrogen) atoms. The van der Waals surface area contributed by atoms with Crippen molar-refractivity contribution in [1.29, 1.82) is 0 Å². The topological polar surface area (TPSA) is 6.48 Å². The van der Waals surface area contributed by atoms with E-state index in [1.54, 1.807) is 0 Å². The fourth-order valence-electron chi connectivity index (χ4n) is 4.52. The number of rotatable bonds is 1. The molecule has 3 aliphatic rings. The lowest BCUT2D eigenvalue weighted by Crippen LogP contribution is -2.34. The minimum absolute atomic E-state index is 0.427. The first-order chi connectivity index (χ1) is 11.9. The third kappa shape index (κ3) is 2.02. The number of anilines is 1. The third-order valence-corrected chi connectivity index (χ3v) is 5.57. The van der Waals surface area contributed by atoms with Gasteiger partial charge < -0.3 is 0 Å². The van der Waals surface area contributed by atoms with Crippen molar-refractivity contribution in [2.45, 2.75) is 31.7 Å². The molecule has 2 heterocycles. The van der Waals surface area contributed by atoms with E-state index >= 15 is 0 Å². The second-order valence-corrected chi connectivity index (χ2v) is 6.94. The molecule has 0 bridgehead atoms. The minimum atomic E-state index is 0.427. The third-order valence-electron chi connectivity index (χ3n) is 5.57. The summed E-state index contributed by atoms with van der Waals surface area (Å²) in [6.07, 6.45) is 12.1. The van der Waals surface area contributed by atoms with Gasteiger partial charge in [-0.3, -0.25) is 10.0 Å². The second-order valence-electron chi connectivity index (χ2n) is 6.94. The van der Waals surface area contributed by atoms with Gasteiger partial charge >= 0.3 is 0 Å². The van der Waals surface area contributed by atoms with E-state index in [0.717, 1.165) is 0 Å². The van der Waals surface area contributed by atoms with Crippen molar-refractivity contribution in [3.8, 4) is 0 Å². The molecule has 1 aliphatic carbocycles. The summed E-state index contributed by atoms with van der Waals surface area (Å²) in [4.78, 5) is 0. The first kappa shape index (κ1) is 13.9. The number of para-hydroxylation sites is 1. The molecule has 2 aromatic carbocycles. The Labute approximate surface area is 143 Å². The van der Waals surface area contributed by atoms with Gasteiger partial charge in [-0.1, -0.05) is 55.0 Å². The number of fused-ring (bicyclic) bond motifs is 5. The molecule has 0 saturated carbocycles. The zero-order valence-corrected chi connectivity index (χ0v) is 13.8. The Morgan fingerprint density at radius 2 is 1.71 bits per heavy atom. The number of benzene rings is 2. The van der Waals surface area contributed by atoms with Crippen LogP contribution >= 0.6 is 0 Å². The number of nitrogens with zero attached hydrogens (tertiary/aromatic N) is 2. The Morgan fingerprint density at radius 1 is 0.875 bits per heavy atom. The lowest BCUT2D eigenvalue weighted by atomic mass is 9.85. The zero-order valence-electron chi connectivity index (χ0n) is 13.8. The van der Waals surface area contributed by atoms with Crippen LogP contribution < -0.4 is 5.01 Å². The summed E-state index contributed by atoms with van der Waals surface area (Å²) >= 11 is 0. The standard InChI is InChI=1S/C22H22N2/c1-3-10-18(11-4-1)24-21-14-6-2-5-13-20(21)22-19-12-8-7-9-17(19)15-16-23(22)24/h1,3-4,7-12,14-16,20,22H,2,5-6,13H2/t20-,22+/m0/s1. The Bertz CT molecular complexity index is 806. The molecule has 120 valence electrons. The molecule has 0 unspecified atom stereocenters. The van der Waals surface area contributed by atoms with Gasteiger partial charge in [0.25, 0.3) is 0 Å². The van der Waals surface area contributed by atoms with Crippen LogP contribution in [0.25, 0.3) is 6.08 Å². The van der Waals surface area contributed by atoms with Crippen molar-refractivity contribution in [3.63, 3.8) is 0 Å². The molecule has 5 rings (SSSR count). The summed E-state index contributed by atoms with van der Waals surface area (Å²) in [7, 11) is 0. The maximum atomic E-state index is 2.49. The predicted octanol–water partition coefficient (Wildman–Crippen LogP) is 5.52. The minimum Gasteiger partial charge on any atom is -0.280 e. The normalized spacial score (nSPS) is 24.8. The highest BCUT2D eigenvalue weighted by Gasteiger charge is 2.45. The first-order valence-electron chi connectivity index (χ1n) is 9.04. The van der Waals surface area contributed by atoms with E-state index in [2.05, 4.69) is 83.0 Å². The molecule has 2 aromatic rings. The number of hydrogen-bond donors (Lipinski definition) is 0. The van der Waals surface area contributed by atoms with E-state index in [0.29, 0.717) is 12.0 Å². The molecule has 0 spiro atoms. The van der Waals surface area contributed by atoms with E-state index in [-0.39, 0.29) is 0 Å². The maximum absolute atomic E-state index is 2.49. The molecule has 1 saturated heterocycles. The summed E-state index contributed by atoms with van der Waals surface area (Å²) in [6.45, 7) is 0. The van der Waals surface area contributed by atoms with Gasteiger partial charge in [-0.2, -0.15) is 0 Å². The SMILES string of the molecule is C1=CN2[C@H](c3ccccc31)[C@H]1CCCCC=C1N2c1ccccc1. The average Bonchev–Trinajstić information content (AvgIpc) is 2.78. The molecule has 2 nitrogen and oxygen atoms in total. The van der Waals surface area contributed by atoms with Crippen LogP contribution in [0.5, 0.6) is 0 Å². The van der Waals surface area contributed by atoms with Crippen LogP contribution in [0.2, 0.25) is 0 Å². The van der Waals surface area contributed by atoms with Gasteiger partial charge in [0.2, 0.25) is 0 Å². The van der Waals surface area contributed by atoms with Crippen LogP contribution in [-0.4, -0.2) is 5.01 Å². The summed E-state index contributed by atoms with van der Waals surface area (Å²) in [5.74, 6) is 0.582. The summed E-state index contributed by atoms with van der Waals surface area (Å²) < 4.78 is 0. The average molecular weight is 314 g/mol. The highest BCUT2D eigenvalue weighted by molar-refractivity contribution is 5.63. The van der Waals surface area contributed by atoms with Crippen molar-refractivity contribution in [3.05, 3.63) is 83.7 Å². The van der Waals surface area contributed by atoms with E-state index in [1.165, 1.54) is 48.2 Å². The van der Waals surface area contributed by atoms with Crippen LogP contribution in [0.4, 0.5) is 5.69 Å². The van der Waals surface area contributed by atoms with Crippen LogP contribution in [0, 0.1) is 5.92 Å². The lowest BCUT2D eigenvalue weighted by molar-refractivity contribution is 0.281. The van der Waals surface area contributed by atoms with E-state index in [4.69, 9.17) is 0 Å². The molecule has 2 heteroatoms. The molecule has 1 fully saturated rings. The van der Waals surface area contributed by atoms with Crippen LogP contribution in [0.3, 0.4) is 0 Å². The van der Waals surface area contributed by atoms with Crippen molar-refractivity contribution in [2.75, 3.05) is 5.01 Å². The maximum Gasteiger partial charge on any atom is 0.0842 e. The zero-order chi connectivity index (χ0) is 15.9. The summed E-state index contributed by atoms with van der Waals surface area (Å²) in [6, 6.07) is 20.1. The fraction of sp³-hybridized carbons (Fsp3) is 0.273. The van der Waals surface area contributed by atoms with Crippen LogP contribution in [0.15, 0.2) is 72.6 Å². The second kappa shape index (κ2) is 5.55. The smallest absolute Gasteiger partial charge is 0.0842 e. The van der Waals surface area contributed by atoms with Gasteiger partial charge in [-0.05, 0) is 48.6 Å². The quantitative estimate of drug-likeness (QED) is 0.683. The largest absolute Gasteiger partial charge is 0.280 e.